The van der Waals surface area contributed by atoms with Gasteiger partial charge in [-0.05, 0) is 29.7 Å². The van der Waals surface area contributed by atoms with E-state index in [1.54, 1.807) is 13.3 Å². The van der Waals surface area contributed by atoms with Crippen LogP contribution in [-0.2, 0) is 4.74 Å². The Bertz CT molecular complexity index is 926. The van der Waals surface area contributed by atoms with Gasteiger partial charge < -0.3 is 14.5 Å². The number of fused-ring (bicyclic) bond motifs is 1. The molecule has 1 aliphatic rings. The molecule has 1 aromatic heterocycles. The van der Waals surface area contributed by atoms with Crippen molar-refractivity contribution in [3.05, 3.63) is 48.7 Å². The zero-order valence-electron chi connectivity index (χ0n) is 16.6. The Morgan fingerprint density at radius 3 is 2.93 bits per heavy atom. The van der Waals surface area contributed by atoms with Gasteiger partial charge in [-0.25, -0.2) is 4.98 Å². The van der Waals surface area contributed by atoms with Crippen LogP contribution >= 0.6 is 0 Å². The van der Waals surface area contributed by atoms with Gasteiger partial charge in [-0.1, -0.05) is 42.5 Å². The first-order valence-electron chi connectivity index (χ1n) is 9.85. The zero-order chi connectivity index (χ0) is 19.3. The van der Waals surface area contributed by atoms with Crippen molar-refractivity contribution in [3.63, 3.8) is 0 Å². The Morgan fingerprint density at radius 2 is 2.04 bits per heavy atom. The summed E-state index contributed by atoms with van der Waals surface area (Å²) in [6.07, 6.45) is 2.95. The minimum atomic E-state index is 0.617. The fraction of sp³-hybridized carbons (Fsp3) is 0.409. The maximum Gasteiger partial charge on any atom is 0.245 e. The van der Waals surface area contributed by atoms with E-state index in [-0.39, 0.29) is 0 Å². The number of ether oxygens (including phenoxy) is 1. The third kappa shape index (κ3) is 4.13. The van der Waals surface area contributed by atoms with Gasteiger partial charge in [0.1, 0.15) is 0 Å². The van der Waals surface area contributed by atoms with Crippen LogP contribution in [0.5, 0.6) is 0 Å². The average molecular weight is 377 g/mol. The van der Waals surface area contributed by atoms with Crippen molar-refractivity contribution >= 4 is 16.7 Å². The smallest absolute Gasteiger partial charge is 0.245 e. The second-order valence-corrected chi connectivity index (χ2v) is 7.50. The molecule has 0 radical (unpaired) electrons. The molecule has 1 aliphatic heterocycles. The van der Waals surface area contributed by atoms with Crippen molar-refractivity contribution in [2.45, 2.75) is 6.42 Å². The summed E-state index contributed by atoms with van der Waals surface area (Å²) in [6, 6.07) is 14.6. The standard InChI is InChI=1S/C22H27N5O/c1-26(15-17-10-11-27(16-17)12-13-28-2)22-24-21(14-23-25-22)20-9-5-7-18-6-3-4-8-19(18)20/h3-9,14,17H,10-13,15-16H2,1-2H3. The maximum absolute atomic E-state index is 5.19. The monoisotopic (exact) mass is 377 g/mol. The van der Waals surface area contributed by atoms with Crippen LogP contribution in [0.15, 0.2) is 48.7 Å². The molecule has 1 fully saturated rings. The van der Waals surface area contributed by atoms with Crippen molar-refractivity contribution in [1.82, 2.24) is 20.1 Å². The van der Waals surface area contributed by atoms with Crippen molar-refractivity contribution in [3.8, 4) is 11.3 Å². The molecular weight excluding hydrogens is 350 g/mol. The number of likely N-dealkylation sites (tertiary alicyclic amines) is 1. The quantitative estimate of drug-likeness (QED) is 0.631. The van der Waals surface area contributed by atoms with Crippen LogP contribution in [-0.4, -0.2) is 67.0 Å². The number of nitrogens with zero attached hydrogens (tertiary/aromatic N) is 5. The van der Waals surface area contributed by atoms with E-state index in [9.17, 15) is 0 Å². The number of hydrogen-bond acceptors (Lipinski definition) is 6. The van der Waals surface area contributed by atoms with Gasteiger partial charge >= 0.3 is 0 Å². The molecule has 0 aliphatic carbocycles. The summed E-state index contributed by atoms with van der Waals surface area (Å²) in [5.74, 6) is 1.30. The molecule has 0 spiro atoms. The molecule has 1 saturated heterocycles. The minimum absolute atomic E-state index is 0.617. The van der Waals surface area contributed by atoms with Crippen LogP contribution < -0.4 is 4.90 Å². The largest absolute Gasteiger partial charge is 0.383 e. The van der Waals surface area contributed by atoms with Crippen molar-refractivity contribution in [2.24, 2.45) is 5.92 Å². The number of hydrogen-bond donors (Lipinski definition) is 0. The molecule has 0 N–H and O–H groups in total. The summed E-state index contributed by atoms with van der Waals surface area (Å²) in [5, 5.41) is 10.9. The Kier molecular flexibility index (Phi) is 5.78. The Hall–Kier alpha value is -2.57. The number of anilines is 1. The summed E-state index contributed by atoms with van der Waals surface area (Å²) in [4.78, 5) is 9.42. The molecule has 0 amide bonds. The first-order valence-corrected chi connectivity index (χ1v) is 9.85. The van der Waals surface area contributed by atoms with Gasteiger partial charge in [0.2, 0.25) is 5.95 Å². The maximum atomic E-state index is 5.19. The third-order valence-corrected chi connectivity index (χ3v) is 5.47. The van der Waals surface area contributed by atoms with Crippen molar-refractivity contribution in [1.29, 1.82) is 0 Å². The van der Waals surface area contributed by atoms with Crippen molar-refractivity contribution < 1.29 is 4.74 Å². The predicted octanol–water partition coefficient (Wildman–Crippen LogP) is 3.10. The molecule has 1 unspecified atom stereocenters. The van der Waals surface area contributed by atoms with Gasteiger partial charge in [0.25, 0.3) is 0 Å². The van der Waals surface area contributed by atoms with Crippen LogP contribution in [0.4, 0.5) is 5.95 Å². The fourth-order valence-electron chi connectivity index (χ4n) is 3.99. The number of methoxy groups -OCH3 is 1. The van der Waals surface area contributed by atoms with Crippen LogP contribution in [0.3, 0.4) is 0 Å². The van der Waals surface area contributed by atoms with Gasteiger partial charge in [-0.15, -0.1) is 5.10 Å². The Labute approximate surface area is 166 Å². The molecule has 0 bridgehead atoms. The molecule has 0 saturated carbocycles. The summed E-state index contributed by atoms with van der Waals surface area (Å²) in [7, 11) is 3.82. The Morgan fingerprint density at radius 1 is 1.18 bits per heavy atom. The molecule has 6 nitrogen and oxygen atoms in total. The van der Waals surface area contributed by atoms with E-state index < -0.39 is 0 Å². The highest BCUT2D eigenvalue weighted by Gasteiger charge is 2.24. The van der Waals surface area contributed by atoms with E-state index in [1.807, 2.05) is 0 Å². The second-order valence-electron chi connectivity index (χ2n) is 7.50. The van der Waals surface area contributed by atoms with Crippen LogP contribution in [0.1, 0.15) is 6.42 Å². The van der Waals surface area contributed by atoms with Crippen LogP contribution in [0.25, 0.3) is 22.0 Å². The number of benzene rings is 2. The van der Waals surface area contributed by atoms with E-state index in [2.05, 4.69) is 69.5 Å². The summed E-state index contributed by atoms with van der Waals surface area (Å²) in [6.45, 7) is 4.97. The summed E-state index contributed by atoms with van der Waals surface area (Å²) < 4.78 is 5.19. The van der Waals surface area contributed by atoms with Crippen molar-refractivity contribution in [2.75, 3.05) is 51.8 Å². The number of rotatable bonds is 7. The summed E-state index contributed by atoms with van der Waals surface area (Å²) in [5.41, 5.74) is 1.95. The molecule has 1 atom stereocenters. The number of aromatic nitrogens is 3. The average Bonchev–Trinajstić information content (AvgIpc) is 3.19. The molecule has 2 aromatic carbocycles. The topological polar surface area (TPSA) is 54.4 Å². The van der Waals surface area contributed by atoms with Crippen LogP contribution in [0.2, 0.25) is 0 Å². The van der Waals surface area contributed by atoms with Gasteiger partial charge in [0, 0.05) is 39.4 Å². The van der Waals surface area contributed by atoms with Gasteiger partial charge in [-0.2, -0.15) is 5.10 Å². The fourth-order valence-corrected chi connectivity index (χ4v) is 3.99. The van der Waals surface area contributed by atoms with Gasteiger partial charge in [0.15, 0.2) is 0 Å². The first kappa shape index (κ1) is 18.8. The first-order chi connectivity index (χ1) is 13.7. The Balaban J connectivity index is 1.49. The highest BCUT2D eigenvalue weighted by molar-refractivity contribution is 5.95. The summed E-state index contributed by atoms with van der Waals surface area (Å²) >= 11 is 0. The molecule has 2 heterocycles. The van der Waals surface area contributed by atoms with E-state index in [0.29, 0.717) is 11.9 Å². The van der Waals surface area contributed by atoms with Gasteiger partial charge in [-0.3, -0.25) is 0 Å². The SMILES string of the molecule is COCCN1CCC(CN(C)c2nncc(-c3cccc4ccccc34)n2)C1. The van der Waals surface area contributed by atoms with Gasteiger partial charge in [0.05, 0.1) is 18.5 Å². The van der Waals surface area contributed by atoms with E-state index in [0.717, 1.165) is 44.0 Å². The molecule has 146 valence electrons. The highest BCUT2D eigenvalue weighted by atomic mass is 16.5. The lowest BCUT2D eigenvalue weighted by atomic mass is 10.0. The lowest BCUT2D eigenvalue weighted by Gasteiger charge is -2.21. The van der Waals surface area contributed by atoms with Crippen LogP contribution in [0, 0.1) is 5.92 Å². The van der Waals surface area contributed by atoms with E-state index in [1.165, 1.54) is 17.2 Å². The lowest BCUT2D eigenvalue weighted by molar-refractivity contribution is 0.159. The third-order valence-electron chi connectivity index (χ3n) is 5.47. The minimum Gasteiger partial charge on any atom is -0.383 e. The lowest BCUT2D eigenvalue weighted by Crippen LogP contribution is -2.30. The molecule has 28 heavy (non-hydrogen) atoms. The normalized spacial score (nSPS) is 17.3. The van der Waals surface area contributed by atoms with E-state index >= 15 is 0 Å². The highest BCUT2D eigenvalue weighted by Crippen LogP contribution is 2.27. The zero-order valence-corrected chi connectivity index (χ0v) is 16.6. The molecule has 3 aromatic rings. The second kappa shape index (κ2) is 8.63. The molecular formula is C22H27N5O. The van der Waals surface area contributed by atoms with E-state index in [4.69, 9.17) is 9.72 Å². The molecule has 6 heteroatoms. The predicted molar refractivity (Wildman–Crippen MR) is 112 cm³/mol. The molecule has 4 rings (SSSR count).